The summed E-state index contributed by atoms with van der Waals surface area (Å²) < 4.78 is 21.5. The molecular formula is C22H42I2NO2-. The maximum atomic E-state index is 7.63. The molecule has 2 rings (SSSR count). The second kappa shape index (κ2) is 11.0. The standard InChI is InChI=1S/C22H42I2NO2/c1-16(2)18-10-9-12-21(4,14-20(18)26-6)15-23-22(5)13-8-7-11-19(17(22)3)27-24-25/h16-20,25H,7-15H2,1-6H3/q-1/t17?,18?,19?,20?,21-,22?/m1/s1. The Morgan fingerprint density at radius 1 is 1.11 bits per heavy atom. The van der Waals surface area contributed by atoms with Crippen LogP contribution in [-0.4, -0.2) is 27.2 Å². The Kier molecular flexibility index (Phi) is 9.95. The summed E-state index contributed by atoms with van der Waals surface area (Å²) >= 11 is -0.713. The van der Waals surface area contributed by atoms with Gasteiger partial charge < -0.3 is 0 Å². The Morgan fingerprint density at radius 2 is 1.85 bits per heavy atom. The maximum absolute atomic E-state index is 7.63. The minimum atomic E-state index is -0.810. The molecule has 0 amide bonds. The van der Waals surface area contributed by atoms with Crippen LogP contribution in [0, 0.1) is 26.7 Å². The molecule has 0 heterocycles. The van der Waals surface area contributed by atoms with Crippen LogP contribution in [0.1, 0.15) is 86.0 Å². The van der Waals surface area contributed by atoms with Crippen LogP contribution in [0.15, 0.2) is 0 Å². The fourth-order valence-corrected chi connectivity index (χ4v) is 10.6. The van der Waals surface area contributed by atoms with Crippen molar-refractivity contribution < 1.29 is 29.0 Å². The number of halogens is 2. The van der Waals surface area contributed by atoms with Gasteiger partial charge in [0.25, 0.3) is 0 Å². The molecule has 2 saturated carbocycles. The molecule has 2 fully saturated rings. The molecule has 0 saturated heterocycles. The summed E-state index contributed by atoms with van der Waals surface area (Å²) in [4.78, 5) is 0. The molecule has 2 aliphatic rings. The first kappa shape index (κ1) is 24.4. The summed E-state index contributed by atoms with van der Waals surface area (Å²) in [6, 6.07) is 0. The predicted molar refractivity (Wildman–Crippen MR) is 118 cm³/mol. The molecule has 0 radical (unpaired) electrons. The minimum absolute atomic E-state index is 0.0971. The molecule has 0 aromatic heterocycles. The SMILES string of the molecule is COC1C[C@](C)(C[I-]C2(C)CCCCC(OI=N)C2C)CCCC1C(C)C. The Morgan fingerprint density at radius 3 is 2.48 bits per heavy atom. The molecule has 1 N–H and O–H groups in total. The van der Waals surface area contributed by atoms with Crippen LogP contribution < -0.4 is 21.2 Å². The van der Waals surface area contributed by atoms with E-state index in [1.807, 2.05) is 7.11 Å². The summed E-state index contributed by atoms with van der Waals surface area (Å²) in [5.41, 5.74) is 0.450. The number of hydrogen-bond donors (Lipinski definition) is 1. The second-order valence-electron chi connectivity index (χ2n) is 9.87. The molecule has 6 atom stereocenters. The van der Waals surface area contributed by atoms with E-state index in [9.17, 15) is 0 Å². The van der Waals surface area contributed by atoms with E-state index in [-0.39, 0.29) is 21.2 Å². The van der Waals surface area contributed by atoms with Crippen LogP contribution in [0.3, 0.4) is 0 Å². The van der Waals surface area contributed by atoms with E-state index < -0.39 is 21.4 Å². The van der Waals surface area contributed by atoms with Gasteiger partial charge in [0.05, 0.1) is 0 Å². The molecule has 3 nitrogen and oxygen atoms in total. The molecule has 162 valence electrons. The van der Waals surface area contributed by atoms with E-state index in [0.29, 0.717) is 27.0 Å². The summed E-state index contributed by atoms with van der Waals surface area (Å²) in [6.45, 7) is 12.3. The van der Waals surface area contributed by atoms with Gasteiger partial charge in [0.2, 0.25) is 0 Å². The van der Waals surface area contributed by atoms with Crippen molar-refractivity contribution in [1.82, 2.24) is 0 Å². The van der Waals surface area contributed by atoms with Crippen molar-refractivity contribution in [2.45, 2.75) is 102 Å². The molecule has 5 heteroatoms. The van der Waals surface area contributed by atoms with Crippen LogP contribution in [-0.2, 0) is 7.80 Å². The Balaban J connectivity index is 2.06. The van der Waals surface area contributed by atoms with E-state index in [2.05, 4.69) is 34.6 Å². The van der Waals surface area contributed by atoms with Crippen molar-refractivity contribution in [3.8, 4) is 0 Å². The zero-order valence-electron chi connectivity index (χ0n) is 18.3. The molecular weight excluding hydrogens is 564 g/mol. The van der Waals surface area contributed by atoms with Gasteiger partial charge in [-0.3, -0.25) is 0 Å². The quantitative estimate of drug-likeness (QED) is 0.271. The van der Waals surface area contributed by atoms with E-state index in [4.69, 9.17) is 11.4 Å². The van der Waals surface area contributed by atoms with Gasteiger partial charge in [0.15, 0.2) is 0 Å². The number of rotatable bonds is 7. The number of hydrogen-bond acceptors (Lipinski definition) is 3. The number of alkyl halides is 2. The molecule has 0 aliphatic heterocycles. The third kappa shape index (κ3) is 6.58. The van der Waals surface area contributed by atoms with E-state index in [1.165, 1.54) is 55.8 Å². The first-order valence-corrected chi connectivity index (χ1v) is 15.4. The van der Waals surface area contributed by atoms with Gasteiger partial charge >= 0.3 is 190 Å². The van der Waals surface area contributed by atoms with Crippen molar-refractivity contribution in [1.29, 1.82) is 3.56 Å². The molecule has 0 aromatic rings. The summed E-state index contributed by atoms with van der Waals surface area (Å²) in [6.07, 6.45) is 11.3. The number of nitrogens with one attached hydrogen (secondary N) is 1. The molecule has 0 spiro atoms. The second-order valence-corrected chi connectivity index (χ2v) is 14.8. The van der Waals surface area contributed by atoms with Gasteiger partial charge in [-0.25, -0.2) is 0 Å². The topological polar surface area (TPSA) is 42.3 Å². The molecule has 2 aliphatic carbocycles. The number of ether oxygens (including phenoxy) is 1. The van der Waals surface area contributed by atoms with Crippen molar-refractivity contribution in [2.75, 3.05) is 11.5 Å². The zero-order chi connectivity index (χ0) is 20.1. The Hall–Kier alpha value is 1.18. The third-order valence-electron chi connectivity index (χ3n) is 7.41. The van der Waals surface area contributed by atoms with Crippen LogP contribution in [0.4, 0.5) is 0 Å². The molecule has 0 aromatic carbocycles. The third-order valence-corrected chi connectivity index (χ3v) is 13.8. The molecule has 0 bridgehead atoms. The normalized spacial score (nSPS) is 41.4. The van der Waals surface area contributed by atoms with Crippen LogP contribution in [0.2, 0.25) is 0 Å². The van der Waals surface area contributed by atoms with Crippen molar-refractivity contribution in [3.63, 3.8) is 0 Å². The Labute approximate surface area is 189 Å². The molecule has 27 heavy (non-hydrogen) atoms. The first-order valence-electron chi connectivity index (χ1n) is 10.8. The number of methoxy groups -OCH3 is 1. The summed E-state index contributed by atoms with van der Waals surface area (Å²) in [7, 11) is 1.93. The average Bonchev–Trinajstić information content (AvgIpc) is 2.89. The van der Waals surface area contributed by atoms with Gasteiger partial charge in [-0.1, -0.05) is 0 Å². The summed E-state index contributed by atoms with van der Waals surface area (Å²) in [5.74, 6) is 2.06. The predicted octanol–water partition coefficient (Wildman–Crippen LogP) is 3.94. The van der Waals surface area contributed by atoms with Crippen molar-refractivity contribution in [3.05, 3.63) is 0 Å². The van der Waals surface area contributed by atoms with E-state index in [0.717, 1.165) is 11.8 Å². The fraction of sp³-hybridized carbons (Fsp3) is 1.00. The van der Waals surface area contributed by atoms with Gasteiger partial charge in [-0.2, -0.15) is 0 Å². The van der Waals surface area contributed by atoms with Crippen LogP contribution in [0.25, 0.3) is 0 Å². The molecule has 5 unspecified atom stereocenters. The monoisotopic (exact) mass is 606 g/mol. The van der Waals surface area contributed by atoms with Crippen molar-refractivity contribution >= 4 is 21.4 Å². The van der Waals surface area contributed by atoms with E-state index in [1.54, 1.807) is 0 Å². The van der Waals surface area contributed by atoms with Crippen LogP contribution in [0.5, 0.6) is 0 Å². The average molecular weight is 606 g/mol. The van der Waals surface area contributed by atoms with Gasteiger partial charge in [-0.15, -0.1) is 0 Å². The van der Waals surface area contributed by atoms with Gasteiger partial charge in [-0.05, 0) is 0 Å². The van der Waals surface area contributed by atoms with Gasteiger partial charge in [0, 0.05) is 0 Å². The zero-order valence-corrected chi connectivity index (χ0v) is 22.6. The first-order chi connectivity index (χ1) is 12.7. The fourth-order valence-electron chi connectivity index (χ4n) is 5.19. The van der Waals surface area contributed by atoms with Gasteiger partial charge in [0.1, 0.15) is 0 Å². The van der Waals surface area contributed by atoms with Crippen LogP contribution >= 0.6 is 21.4 Å². The Bertz CT molecular complexity index is 475. The summed E-state index contributed by atoms with van der Waals surface area (Å²) in [5, 5.41) is 0. The van der Waals surface area contributed by atoms with E-state index >= 15 is 0 Å². The van der Waals surface area contributed by atoms with Crippen molar-refractivity contribution in [2.24, 2.45) is 23.2 Å².